The number of halogens is 2. The molecule has 0 bridgehead atoms. The summed E-state index contributed by atoms with van der Waals surface area (Å²) in [6.45, 7) is 5.38. The van der Waals surface area contributed by atoms with E-state index in [4.69, 9.17) is 5.73 Å². The molecule has 0 saturated carbocycles. The molecule has 19 heavy (non-hydrogen) atoms. The summed E-state index contributed by atoms with van der Waals surface area (Å²) in [6, 6.07) is 1.79. The lowest BCUT2D eigenvalue weighted by Gasteiger charge is -2.37. The normalized spacial score (nSPS) is 18.4. The lowest BCUT2D eigenvalue weighted by molar-refractivity contribution is 0.0625. The minimum absolute atomic E-state index is 0.191. The van der Waals surface area contributed by atoms with E-state index in [9.17, 15) is 13.6 Å². The van der Waals surface area contributed by atoms with Crippen LogP contribution in [0, 0.1) is 17.0 Å². The zero-order valence-electron chi connectivity index (χ0n) is 11.2. The fourth-order valence-electron chi connectivity index (χ4n) is 2.25. The molecule has 1 aliphatic heterocycles. The average Bonchev–Trinajstić information content (AvgIpc) is 2.33. The van der Waals surface area contributed by atoms with Gasteiger partial charge in [0.15, 0.2) is 5.82 Å². The quantitative estimate of drug-likeness (QED) is 0.796. The van der Waals surface area contributed by atoms with Crippen LogP contribution >= 0.6 is 0 Å². The van der Waals surface area contributed by atoms with Crippen LogP contribution in [0.15, 0.2) is 12.1 Å². The van der Waals surface area contributed by atoms with Gasteiger partial charge in [0, 0.05) is 13.1 Å². The van der Waals surface area contributed by atoms with Crippen molar-refractivity contribution in [3.63, 3.8) is 0 Å². The maximum atomic E-state index is 13.8. The summed E-state index contributed by atoms with van der Waals surface area (Å²) in [5.41, 5.74) is 4.92. The van der Waals surface area contributed by atoms with E-state index in [2.05, 4.69) is 13.8 Å². The molecule has 0 atom stereocenters. The van der Waals surface area contributed by atoms with Crippen LogP contribution in [0.25, 0.3) is 0 Å². The highest BCUT2D eigenvalue weighted by atomic mass is 19.1. The fraction of sp³-hybridized carbons (Fsp3) is 0.500. The molecule has 2 rings (SSSR count). The Morgan fingerprint density at radius 1 is 1.26 bits per heavy atom. The van der Waals surface area contributed by atoms with Gasteiger partial charge in [-0.1, -0.05) is 13.8 Å². The number of nitrogens with zero attached hydrogens (tertiary/aromatic N) is 1. The van der Waals surface area contributed by atoms with Gasteiger partial charge < -0.3 is 10.6 Å². The minimum Gasteiger partial charge on any atom is -0.396 e. The number of hydrogen-bond acceptors (Lipinski definition) is 2. The molecule has 1 aromatic carbocycles. The Hall–Kier alpha value is -1.65. The second-order valence-electron chi connectivity index (χ2n) is 5.81. The van der Waals surface area contributed by atoms with Crippen LogP contribution in [0.3, 0.4) is 0 Å². The number of carbonyl (C=O) groups excluding carboxylic acids is 1. The highest BCUT2D eigenvalue weighted by Gasteiger charge is 2.29. The Morgan fingerprint density at radius 2 is 1.84 bits per heavy atom. The van der Waals surface area contributed by atoms with Crippen LogP contribution in [0.5, 0.6) is 0 Å². The van der Waals surface area contributed by atoms with Gasteiger partial charge >= 0.3 is 0 Å². The molecule has 1 fully saturated rings. The first kappa shape index (κ1) is 13.8. The fourth-order valence-corrected chi connectivity index (χ4v) is 2.25. The van der Waals surface area contributed by atoms with E-state index in [0.29, 0.717) is 13.1 Å². The van der Waals surface area contributed by atoms with Gasteiger partial charge in [-0.3, -0.25) is 4.79 Å². The maximum absolute atomic E-state index is 13.8. The van der Waals surface area contributed by atoms with E-state index in [1.165, 1.54) is 0 Å². The molecule has 1 heterocycles. The van der Waals surface area contributed by atoms with Crippen LogP contribution in [0.4, 0.5) is 14.5 Å². The van der Waals surface area contributed by atoms with Crippen LogP contribution in [0.1, 0.15) is 37.0 Å². The molecule has 0 spiro atoms. The molecule has 0 unspecified atom stereocenters. The molecule has 3 nitrogen and oxygen atoms in total. The lowest BCUT2D eigenvalue weighted by atomic mass is 9.82. The Balaban J connectivity index is 2.21. The Bertz CT molecular complexity index is 504. The van der Waals surface area contributed by atoms with Crippen LogP contribution in [-0.2, 0) is 0 Å². The third kappa shape index (κ3) is 2.85. The first-order chi connectivity index (χ1) is 8.80. The summed E-state index contributed by atoms with van der Waals surface area (Å²) < 4.78 is 27.0. The van der Waals surface area contributed by atoms with Gasteiger partial charge in [-0.05, 0) is 30.4 Å². The molecule has 0 aliphatic carbocycles. The summed E-state index contributed by atoms with van der Waals surface area (Å²) in [4.78, 5) is 13.8. The molecule has 1 aromatic rings. The molecule has 1 aliphatic rings. The highest BCUT2D eigenvalue weighted by Crippen LogP contribution is 2.31. The number of carbonyl (C=O) groups is 1. The highest BCUT2D eigenvalue weighted by molar-refractivity contribution is 5.95. The van der Waals surface area contributed by atoms with Crippen molar-refractivity contribution in [3.05, 3.63) is 29.3 Å². The van der Waals surface area contributed by atoms with Crippen molar-refractivity contribution in [1.82, 2.24) is 4.90 Å². The third-order valence-electron chi connectivity index (χ3n) is 3.70. The molecular weight excluding hydrogens is 250 g/mol. The minimum atomic E-state index is -0.837. The number of rotatable bonds is 1. The number of benzene rings is 1. The van der Waals surface area contributed by atoms with Gasteiger partial charge in [0.2, 0.25) is 0 Å². The van der Waals surface area contributed by atoms with Crippen molar-refractivity contribution in [3.8, 4) is 0 Å². The van der Waals surface area contributed by atoms with E-state index in [1.807, 2.05) is 0 Å². The molecule has 1 saturated heterocycles. The van der Waals surface area contributed by atoms with Crippen molar-refractivity contribution in [1.29, 1.82) is 0 Å². The van der Waals surface area contributed by atoms with Gasteiger partial charge in [-0.15, -0.1) is 0 Å². The van der Waals surface area contributed by atoms with Crippen molar-refractivity contribution in [2.75, 3.05) is 18.8 Å². The monoisotopic (exact) mass is 268 g/mol. The molecule has 104 valence electrons. The van der Waals surface area contributed by atoms with Crippen LogP contribution in [0.2, 0.25) is 0 Å². The zero-order chi connectivity index (χ0) is 14.2. The van der Waals surface area contributed by atoms with Crippen molar-refractivity contribution < 1.29 is 13.6 Å². The molecule has 2 N–H and O–H groups in total. The first-order valence-electron chi connectivity index (χ1n) is 6.34. The summed E-state index contributed by atoms with van der Waals surface area (Å²) in [5.74, 6) is -2.02. The molecular formula is C14H18F2N2O. The van der Waals surface area contributed by atoms with Crippen molar-refractivity contribution in [2.24, 2.45) is 5.41 Å². The average molecular weight is 268 g/mol. The SMILES string of the molecule is CC1(C)CCN(C(=O)c2cc(F)cc(N)c2F)CC1. The van der Waals surface area contributed by atoms with Gasteiger partial charge in [-0.25, -0.2) is 8.78 Å². The smallest absolute Gasteiger partial charge is 0.257 e. The van der Waals surface area contributed by atoms with Gasteiger partial charge in [0.1, 0.15) is 5.82 Å². The Morgan fingerprint density at radius 3 is 2.42 bits per heavy atom. The van der Waals surface area contributed by atoms with E-state index in [0.717, 1.165) is 25.0 Å². The lowest BCUT2D eigenvalue weighted by Crippen LogP contribution is -2.41. The molecule has 1 amide bonds. The second kappa shape index (κ2) is 4.79. The van der Waals surface area contributed by atoms with E-state index < -0.39 is 17.5 Å². The number of anilines is 1. The van der Waals surface area contributed by atoms with Crippen LogP contribution in [-0.4, -0.2) is 23.9 Å². The topological polar surface area (TPSA) is 46.3 Å². The molecule has 0 aromatic heterocycles. The van der Waals surface area contributed by atoms with E-state index in [-0.39, 0.29) is 16.7 Å². The van der Waals surface area contributed by atoms with Crippen LogP contribution < -0.4 is 5.73 Å². The number of hydrogen-bond donors (Lipinski definition) is 1. The van der Waals surface area contributed by atoms with E-state index in [1.54, 1.807) is 4.90 Å². The summed E-state index contributed by atoms with van der Waals surface area (Å²) >= 11 is 0. The van der Waals surface area contributed by atoms with Gasteiger partial charge in [0.25, 0.3) is 5.91 Å². The van der Waals surface area contributed by atoms with Crippen molar-refractivity contribution in [2.45, 2.75) is 26.7 Å². The standard InChI is InChI=1S/C14H18F2N2O/c1-14(2)3-5-18(6-4-14)13(19)10-7-9(15)8-11(17)12(10)16/h7-8H,3-6,17H2,1-2H3. The number of nitrogen functional groups attached to an aromatic ring is 1. The van der Waals surface area contributed by atoms with Crippen molar-refractivity contribution >= 4 is 11.6 Å². The predicted molar refractivity (Wildman–Crippen MR) is 69.7 cm³/mol. The number of piperidine rings is 1. The van der Waals surface area contributed by atoms with Gasteiger partial charge in [0.05, 0.1) is 11.3 Å². The molecule has 5 heteroatoms. The predicted octanol–water partition coefficient (Wildman–Crippen LogP) is 2.81. The summed E-state index contributed by atoms with van der Waals surface area (Å²) in [6.07, 6.45) is 1.70. The zero-order valence-corrected chi connectivity index (χ0v) is 11.2. The largest absolute Gasteiger partial charge is 0.396 e. The number of nitrogens with two attached hydrogens (primary N) is 1. The number of likely N-dealkylation sites (tertiary alicyclic amines) is 1. The number of amides is 1. The van der Waals surface area contributed by atoms with Gasteiger partial charge in [-0.2, -0.15) is 0 Å². The Labute approximate surface area is 111 Å². The second-order valence-corrected chi connectivity index (χ2v) is 5.81. The summed E-state index contributed by atoms with van der Waals surface area (Å²) in [7, 11) is 0. The Kier molecular flexibility index (Phi) is 3.47. The summed E-state index contributed by atoms with van der Waals surface area (Å²) in [5, 5.41) is 0. The third-order valence-corrected chi connectivity index (χ3v) is 3.70. The maximum Gasteiger partial charge on any atom is 0.257 e. The first-order valence-corrected chi connectivity index (χ1v) is 6.34. The molecule has 0 radical (unpaired) electrons. The van der Waals surface area contributed by atoms with E-state index >= 15 is 0 Å².